The number of fused-ring (bicyclic) bond motifs is 2. The van der Waals surface area contributed by atoms with Crippen LogP contribution in [0.3, 0.4) is 0 Å². The van der Waals surface area contributed by atoms with Gasteiger partial charge in [0.1, 0.15) is 6.54 Å². The van der Waals surface area contributed by atoms with Gasteiger partial charge in [-0.15, -0.1) is 11.3 Å². The molecule has 144 valence electrons. The molecule has 0 aliphatic heterocycles. The van der Waals surface area contributed by atoms with Gasteiger partial charge in [0, 0.05) is 19.8 Å². The molecule has 0 fully saturated rings. The molecule has 9 nitrogen and oxygen atoms in total. The summed E-state index contributed by atoms with van der Waals surface area (Å²) in [5, 5.41) is 2.83. The number of rotatable bonds is 4. The van der Waals surface area contributed by atoms with Crippen LogP contribution in [0.15, 0.2) is 38.5 Å². The fraction of sp³-hybridized carbons (Fsp3) is 0.235. The summed E-state index contributed by atoms with van der Waals surface area (Å²) in [7, 11) is 2.93. The van der Waals surface area contributed by atoms with Gasteiger partial charge in [0.15, 0.2) is 15.5 Å². The van der Waals surface area contributed by atoms with Gasteiger partial charge in [-0.05, 0) is 24.5 Å². The Morgan fingerprint density at radius 3 is 2.79 bits per heavy atom. The van der Waals surface area contributed by atoms with Gasteiger partial charge < -0.3 is 9.88 Å². The Bertz CT molecular complexity index is 1350. The van der Waals surface area contributed by atoms with Crippen molar-refractivity contribution in [2.45, 2.75) is 10.9 Å². The molecule has 0 bridgehead atoms. The lowest BCUT2D eigenvalue weighted by molar-refractivity contribution is -0.116. The van der Waals surface area contributed by atoms with Gasteiger partial charge in [0.2, 0.25) is 5.91 Å². The molecule has 0 atom stereocenters. The van der Waals surface area contributed by atoms with E-state index < -0.39 is 11.2 Å². The summed E-state index contributed by atoms with van der Waals surface area (Å²) in [4.78, 5) is 45.6. The number of hydrogen-bond acceptors (Lipinski definition) is 7. The highest BCUT2D eigenvalue weighted by Gasteiger charge is 2.16. The maximum Gasteiger partial charge on any atom is 0.332 e. The Balaban J connectivity index is 1.62. The molecule has 11 heteroatoms. The normalized spacial score (nSPS) is 11.4. The van der Waals surface area contributed by atoms with E-state index in [1.54, 1.807) is 29.2 Å². The van der Waals surface area contributed by atoms with E-state index in [1.165, 1.54) is 29.6 Å². The van der Waals surface area contributed by atoms with Crippen molar-refractivity contribution < 1.29 is 4.79 Å². The number of nitrogens with one attached hydrogen (secondary N) is 1. The summed E-state index contributed by atoms with van der Waals surface area (Å²) < 4.78 is 5.68. The first-order valence-electron chi connectivity index (χ1n) is 8.24. The number of aryl methyl sites for hydroxylation is 1. The maximum absolute atomic E-state index is 12.5. The van der Waals surface area contributed by atoms with Crippen LogP contribution in [-0.4, -0.2) is 35.8 Å². The molecular formula is C17H16N6O3S2. The standard InChI is InChI=1S/C17H16N6O3S2/c1-21-14-13(15(25)22(2)17(21)26)23(8-18-14)7-12(24)19-9-4-5-10-11(6-9)28-16(20-10)27-3/h4-6,8H,7H2,1-3H3,(H,19,24). The highest BCUT2D eigenvalue weighted by molar-refractivity contribution is 8.00. The van der Waals surface area contributed by atoms with Crippen LogP contribution in [0.5, 0.6) is 0 Å². The number of aromatic nitrogens is 5. The Morgan fingerprint density at radius 2 is 2.04 bits per heavy atom. The lowest BCUT2D eigenvalue weighted by Gasteiger charge is -2.08. The molecule has 0 saturated heterocycles. The largest absolute Gasteiger partial charge is 0.332 e. The van der Waals surface area contributed by atoms with E-state index in [4.69, 9.17) is 0 Å². The molecule has 1 amide bonds. The van der Waals surface area contributed by atoms with E-state index in [0.717, 1.165) is 19.1 Å². The minimum absolute atomic E-state index is 0.0965. The number of carbonyl (C=O) groups excluding carboxylic acids is 1. The molecule has 0 aliphatic carbocycles. The number of benzene rings is 1. The van der Waals surface area contributed by atoms with Crippen molar-refractivity contribution in [1.82, 2.24) is 23.7 Å². The number of carbonyl (C=O) groups is 1. The molecule has 0 spiro atoms. The zero-order chi connectivity index (χ0) is 20.0. The van der Waals surface area contributed by atoms with E-state index in [-0.39, 0.29) is 23.6 Å². The maximum atomic E-state index is 12.5. The summed E-state index contributed by atoms with van der Waals surface area (Å²) in [6.07, 6.45) is 3.36. The lowest BCUT2D eigenvalue weighted by atomic mass is 10.3. The first-order valence-corrected chi connectivity index (χ1v) is 10.3. The number of thioether (sulfide) groups is 1. The van der Waals surface area contributed by atoms with Crippen LogP contribution < -0.4 is 16.6 Å². The van der Waals surface area contributed by atoms with Crippen LogP contribution in [-0.2, 0) is 25.4 Å². The second-order valence-electron chi connectivity index (χ2n) is 6.17. The molecule has 0 aliphatic rings. The smallest absolute Gasteiger partial charge is 0.324 e. The minimum Gasteiger partial charge on any atom is -0.324 e. The van der Waals surface area contributed by atoms with Crippen LogP contribution >= 0.6 is 23.1 Å². The molecular weight excluding hydrogens is 400 g/mol. The third-order valence-corrected chi connectivity index (χ3v) is 6.36. The third kappa shape index (κ3) is 3.02. The summed E-state index contributed by atoms with van der Waals surface area (Å²) in [6.45, 7) is -0.0965. The number of nitrogens with zero attached hydrogens (tertiary/aromatic N) is 5. The average Bonchev–Trinajstić information content (AvgIpc) is 3.28. The summed E-state index contributed by atoms with van der Waals surface area (Å²) in [6, 6.07) is 5.53. The van der Waals surface area contributed by atoms with Crippen LogP contribution in [0.25, 0.3) is 21.4 Å². The Kier molecular flexibility index (Phi) is 4.55. The first-order chi connectivity index (χ1) is 13.4. The molecule has 3 aromatic heterocycles. The summed E-state index contributed by atoms with van der Waals surface area (Å²) in [5.41, 5.74) is 1.04. The van der Waals surface area contributed by atoms with Crippen molar-refractivity contribution in [3.05, 3.63) is 45.4 Å². The predicted octanol–water partition coefficient (Wildman–Crippen LogP) is 1.40. The molecule has 0 unspecified atom stereocenters. The Labute approximate surface area is 166 Å². The number of imidazole rings is 1. The molecule has 4 aromatic rings. The van der Waals surface area contributed by atoms with Crippen LogP contribution in [0.1, 0.15) is 0 Å². The molecule has 28 heavy (non-hydrogen) atoms. The van der Waals surface area contributed by atoms with Gasteiger partial charge in [-0.3, -0.25) is 18.7 Å². The van der Waals surface area contributed by atoms with Gasteiger partial charge in [-0.2, -0.15) is 0 Å². The first kappa shape index (κ1) is 18.4. The number of hydrogen-bond donors (Lipinski definition) is 1. The number of thiazole rings is 1. The van der Waals surface area contributed by atoms with Gasteiger partial charge in [0.25, 0.3) is 5.56 Å². The second-order valence-corrected chi connectivity index (χ2v) is 8.25. The van der Waals surface area contributed by atoms with Gasteiger partial charge in [-0.25, -0.2) is 14.8 Å². The minimum atomic E-state index is -0.487. The number of anilines is 1. The highest BCUT2D eigenvalue weighted by Crippen LogP contribution is 2.29. The van der Waals surface area contributed by atoms with Gasteiger partial charge >= 0.3 is 5.69 Å². The zero-order valence-corrected chi connectivity index (χ0v) is 16.9. The molecule has 1 N–H and O–H groups in total. The van der Waals surface area contributed by atoms with Crippen LogP contribution in [0.4, 0.5) is 5.69 Å². The van der Waals surface area contributed by atoms with Crippen molar-refractivity contribution in [2.24, 2.45) is 14.1 Å². The molecule has 3 heterocycles. The van der Waals surface area contributed by atoms with Crippen molar-refractivity contribution >= 4 is 56.1 Å². The van der Waals surface area contributed by atoms with Crippen molar-refractivity contribution in [3.63, 3.8) is 0 Å². The second kappa shape index (κ2) is 6.91. The fourth-order valence-corrected chi connectivity index (χ4v) is 4.47. The SMILES string of the molecule is CSc1nc2ccc(NC(=O)Cn3cnc4c3c(=O)n(C)c(=O)n4C)cc2s1. The van der Waals surface area contributed by atoms with E-state index >= 15 is 0 Å². The monoisotopic (exact) mass is 416 g/mol. The van der Waals surface area contributed by atoms with Crippen LogP contribution in [0, 0.1) is 0 Å². The van der Waals surface area contributed by atoms with E-state index in [0.29, 0.717) is 5.69 Å². The molecule has 1 aromatic carbocycles. The Hall–Kier alpha value is -2.92. The number of amides is 1. The lowest BCUT2D eigenvalue weighted by Crippen LogP contribution is -2.37. The average molecular weight is 416 g/mol. The third-order valence-electron chi connectivity index (χ3n) is 4.36. The molecule has 4 rings (SSSR count). The van der Waals surface area contributed by atoms with Crippen molar-refractivity contribution in [3.8, 4) is 0 Å². The zero-order valence-electron chi connectivity index (χ0n) is 15.3. The Morgan fingerprint density at radius 1 is 1.25 bits per heavy atom. The summed E-state index contributed by atoms with van der Waals surface area (Å²) >= 11 is 3.14. The highest BCUT2D eigenvalue weighted by atomic mass is 32.2. The fourth-order valence-electron chi connectivity index (χ4n) is 2.94. The quantitative estimate of drug-likeness (QED) is 0.505. The van der Waals surface area contributed by atoms with Gasteiger partial charge in [-0.1, -0.05) is 11.8 Å². The van der Waals surface area contributed by atoms with Crippen molar-refractivity contribution in [1.29, 1.82) is 0 Å². The molecule has 0 radical (unpaired) electrons. The van der Waals surface area contributed by atoms with E-state index in [2.05, 4.69) is 15.3 Å². The van der Waals surface area contributed by atoms with Crippen molar-refractivity contribution in [2.75, 3.05) is 11.6 Å². The molecule has 0 saturated carbocycles. The predicted molar refractivity (Wildman–Crippen MR) is 110 cm³/mol. The topological polar surface area (TPSA) is 104 Å². The van der Waals surface area contributed by atoms with E-state index in [1.807, 2.05) is 18.4 Å². The summed E-state index contributed by atoms with van der Waals surface area (Å²) in [5.74, 6) is -0.302. The van der Waals surface area contributed by atoms with Crippen LogP contribution in [0.2, 0.25) is 0 Å². The van der Waals surface area contributed by atoms with E-state index in [9.17, 15) is 14.4 Å². The van der Waals surface area contributed by atoms with Gasteiger partial charge in [0.05, 0.1) is 16.5 Å².